The van der Waals surface area contributed by atoms with Gasteiger partial charge in [0.05, 0.1) is 6.42 Å². The van der Waals surface area contributed by atoms with E-state index in [1.807, 2.05) is 23.1 Å². The van der Waals surface area contributed by atoms with Gasteiger partial charge in [-0.25, -0.2) is 4.99 Å². The number of amides is 2. The molecule has 2 amide bonds. The van der Waals surface area contributed by atoms with E-state index in [1.165, 1.54) is 5.56 Å². The van der Waals surface area contributed by atoms with Crippen LogP contribution in [0.4, 0.5) is 5.69 Å². The lowest BCUT2D eigenvalue weighted by atomic mass is 10.1. The summed E-state index contributed by atoms with van der Waals surface area (Å²) in [4.78, 5) is 34.1. The fraction of sp³-hybridized carbons (Fsp3) is 0.348. The Morgan fingerprint density at radius 3 is 2.66 bits per heavy atom. The molecule has 0 bridgehead atoms. The maximum absolute atomic E-state index is 12.8. The van der Waals surface area contributed by atoms with Crippen molar-refractivity contribution >= 4 is 23.5 Å². The quantitative estimate of drug-likeness (QED) is 0.754. The summed E-state index contributed by atoms with van der Waals surface area (Å²) in [5.41, 5.74) is 1.86. The van der Waals surface area contributed by atoms with Crippen molar-refractivity contribution in [3.8, 4) is 11.5 Å². The van der Waals surface area contributed by atoms with Gasteiger partial charge in [0.15, 0.2) is 11.5 Å². The van der Waals surface area contributed by atoms with Crippen molar-refractivity contribution < 1.29 is 19.1 Å². The first kappa shape index (κ1) is 20.3. The number of hydrogen-bond acceptors (Lipinski definition) is 7. The Morgan fingerprint density at radius 2 is 1.84 bits per heavy atom. The molecule has 0 unspecified atom stereocenters. The molecule has 1 atom stereocenters. The van der Waals surface area contributed by atoms with Crippen LogP contribution in [0.3, 0.4) is 0 Å². The molecule has 3 aliphatic heterocycles. The average Bonchev–Trinajstić information content (AvgIpc) is 3.28. The Balaban J connectivity index is 1.20. The average molecular weight is 435 g/mol. The molecule has 9 heteroatoms. The Hall–Kier alpha value is -3.59. The van der Waals surface area contributed by atoms with Crippen molar-refractivity contribution in [2.45, 2.75) is 19.0 Å². The first-order valence-corrected chi connectivity index (χ1v) is 10.7. The van der Waals surface area contributed by atoms with Crippen molar-refractivity contribution in [2.75, 3.05) is 38.3 Å². The van der Waals surface area contributed by atoms with Crippen LogP contribution in [-0.2, 0) is 16.1 Å². The Bertz CT molecular complexity index is 1030. The maximum atomic E-state index is 12.8. The third kappa shape index (κ3) is 4.52. The van der Waals surface area contributed by atoms with Gasteiger partial charge in [0, 0.05) is 44.5 Å². The van der Waals surface area contributed by atoms with E-state index < -0.39 is 6.04 Å². The minimum absolute atomic E-state index is 0.0217. The van der Waals surface area contributed by atoms with Gasteiger partial charge in [-0.2, -0.15) is 0 Å². The fourth-order valence-electron chi connectivity index (χ4n) is 4.05. The number of nitrogens with one attached hydrogen (secondary N) is 2. The second-order valence-corrected chi connectivity index (χ2v) is 8.03. The third-order valence-electron chi connectivity index (χ3n) is 5.77. The van der Waals surface area contributed by atoms with Crippen LogP contribution >= 0.6 is 0 Å². The predicted molar refractivity (Wildman–Crippen MR) is 118 cm³/mol. The smallest absolute Gasteiger partial charge is 0.249 e. The van der Waals surface area contributed by atoms with E-state index in [0.29, 0.717) is 23.1 Å². The molecule has 3 heterocycles. The number of piperazine rings is 1. The van der Waals surface area contributed by atoms with Gasteiger partial charge in [-0.3, -0.25) is 19.8 Å². The number of carbonyl (C=O) groups is 2. The number of carbonyl (C=O) groups excluding carboxylic acids is 2. The lowest BCUT2D eigenvalue weighted by molar-refractivity contribution is -0.125. The summed E-state index contributed by atoms with van der Waals surface area (Å²) in [7, 11) is 0. The van der Waals surface area contributed by atoms with Crippen LogP contribution in [0.1, 0.15) is 12.0 Å². The maximum Gasteiger partial charge on any atom is 0.249 e. The van der Waals surface area contributed by atoms with E-state index in [9.17, 15) is 9.59 Å². The summed E-state index contributed by atoms with van der Waals surface area (Å²) in [6.07, 6.45) is 0.0217. The summed E-state index contributed by atoms with van der Waals surface area (Å²) >= 11 is 0. The van der Waals surface area contributed by atoms with E-state index >= 15 is 0 Å². The number of aliphatic imine (C=N–C) groups is 1. The molecular weight excluding hydrogens is 410 g/mol. The molecule has 166 valence electrons. The van der Waals surface area contributed by atoms with E-state index in [4.69, 9.17) is 9.47 Å². The molecule has 2 aromatic rings. The molecule has 0 saturated carbocycles. The van der Waals surface area contributed by atoms with Gasteiger partial charge < -0.3 is 19.7 Å². The van der Waals surface area contributed by atoms with Crippen LogP contribution in [0.25, 0.3) is 0 Å². The molecule has 9 nitrogen and oxygen atoms in total. The van der Waals surface area contributed by atoms with E-state index in [0.717, 1.165) is 32.7 Å². The molecule has 32 heavy (non-hydrogen) atoms. The van der Waals surface area contributed by atoms with Crippen molar-refractivity contribution in [2.24, 2.45) is 4.99 Å². The number of anilines is 1. The highest BCUT2D eigenvalue weighted by Gasteiger charge is 2.31. The number of benzene rings is 2. The Labute approximate surface area is 186 Å². The molecule has 0 spiro atoms. The third-order valence-corrected chi connectivity index (χ3v) is 5.77. The Kier molecular flexibility index (Phi) is 5.64. The summed E-state index contributed by atoms with van der Waals surface area (Å²) in [6, 6.07) is 14.8. The van der Waals surface area contributed by atoms with Gasteiger partial charge in [-0.05, 0) is 17.7 Å². The largest absolute Gasteiger partial charge is 0.454 e. The molecule has 1 fully saturated rings. The summed E-state index contributed by atoms with van der Waals surface area (Å²) in [5, 5.41) is 5.67. The topological polar surface area (TPSA) is 95.5 Å². The number of guanidine groups is 1. The van der Waals surface area contributed by atoms with Crippen molar-refractivity contribution in [3.05, 3.63) is 54.1 Å². The van der Waals surface area contributed by atoms with E-state index in [2.05, 4.69) is 32.7 Å². The summed E-state index contributed by atoms with van der Waals surface area (Å²) in [5.74, 6) is 1.19. The Morgan fingerprint density at radius 1 is 1.06 bits per heavy atom. The molecule has 0 radical (unpaired) electrons. The first-order chi connectivity index (χ1) is 15.6. The highest BCUT2D eigenvalue weighted by atomic mass is 16.7. The normalized spacial score (nSPS) is 20.5. The van der Waals surface area contributed by atoms with E-state index in [-0.39, 0.29) is 25.0 Å². The molecule has 2 aromatic carbocycles. The summed E-state index contributed by atoms with van der Waals surface area (Å²) < 4.78 is 10.6. The van der Waals surface area contributed by atoms with Crippen LogP contribution < -0.4 is 20.1 Å². The number of rotatable bonds is 4. The highest BCUT2D eigenvalue weighted by molar-refractivity contribution is 6.06. The second-order valence-electron chi connectivity index (χ2n) is 8.03. The molecule has 0 aromatic heterocycles. The molecule has 1 saturated heterocycles. The van der Waals surface area contributed by atoms with Gasteiger partial charge in [-0.1, -0.05) is 30.3 Å². The molecule has 3 aliphatic rings. The molecule has 0 aliphatic carbocycles. The molecular formula is C23H25N5O4. The minimum Gasteiger partial charge on any atom is -0.454 e. The number of hydrogen-bond donors (Lipinski definition) is 2. The van der Waals surface area contributed by atoms with Crippen LogP contribution in [0.5, 0.6) is 11.5 Å². The van der Waals surface area contributed by atoms with Gasteiger partial charge in [0.25, 0.3) is 0 Å². The number of ether oxygens (including phenoxy) is 2. The minimum atomic E-state index is -0.772. The van der Waals surface area contributed by atoms with Crippen LogP contribution in [0, 0.1) is 0 Å². The summed E-state index contributed by atoms with van der Waals surface area (Å²) in [6.45, 7) is 4.26. The fourth-order valence-corrected chi connectivity index (χ4v) is 4.05. The zero-order chi connectivity index (χ0) is 21.9. The predicted octanol–water partition coefficient (Wildman–Crippen LogP) is 1.42. The number of fused-ring (bicyclic) bond motifs is 1. The van der Waals surface area contributed by atoms with Crippen LogP contribution in [0.2, 0.25) is 0 Å². The van der Waals surface area contributed by atoms with Crippen molar-refractivity contribution in [3.63, 3.8) is 0 Å². The highest BCUT2D eigenvalue weighted by Crippen LogP contribution is 2.34. The van der Waals surface area contributed by atoms with E-state index in [1.54, 1.807) is 18.2 Å². The molecule has 5 rings (SSSR count). The first-order valence-electron chi connectivity index (χ1n) is 10.7. The lowest BCUT2D eigenvalue weighted by Crippen LogP contribution is -2.56. The molecule has 2 N–H and O–H groups in total. The lowest BCUT2D eigenvalue weighted by Gasteiger charge is -2.37. The SMILES string of the molecule is O=C1C[C@H](C(=O)Nc2ccc3c(c2)OCO3)N=C(N2CCN(Cc3ccccc3)CC2)N1. The van der Waals surface area contributed by atoms with Gasteiger partial charge in [0.2, 0.25) is 24.6 Å². The van der Waals surface area contributed by atoms with Gasteiger partial charge >= 0.3 is 0 Å². The van der Waals surface area contributed by atoms with Gasteiger partial charge in [-0.15, -0.1) is 0 Å². The second kappa shape index (κ2) is 8.88. The van der Waals surface area contributed by atoms with Crippen LogP contribution in [0.15, 0.2) is 53.5 Å². The van der Waals surface area contributed by atoms with Crippen molar-refractivity contribution in [1.82, 2.24) is 15.1 Å². The zero-order valence-electron chi connectivity index (χ0n) is 17.6. The van der Waals surface area contributed by atoms with Gasteiger partial charge in [0.1, 0.15) is 6.04 Å². The standard InChI is InChI=1S/C23H25N5O4/c29-21-13-18(22(30)24-17-6-7-19-20(12-17)32-15-31-19)25-23(26-21)28-10-8-27(9-11-28)14-16-4-2-1-3-5-16/h1-7,12,18H,8-11,13-15H2,(H,24,30)(H,25,26,29)/t18-/m1/s1. The van der Waals surface area contributed by atoms with Crippen molar-refractivity contribution in [1.29, 1.82) is 0 Å². The zero-order valence-corrected chi connectivity index (χ0v) is 17.6. The number of nitrogens with zero attached hydrogens (tertiary/aromatic N) is 3. The monoisotopic (exact) mass is 435 g/mol. The van der Waals surface area contributed by atoms with Crippen LogP contribution in [-0.4, -0.2) is 66.6 Å².